The van der Waals surface area contributed by atoms with Gasteiger partial charge in [0, 0.05) is 29.8 Å². The van der Waals surface area contributed by atoms with Crippen LogP contribution in [0.15, 0.2) is 39.9 Å². The number of aryl methyl sites for hydroxylation is 2. The molecular weight excluding hydrogens is 370 g/mol. The molecule has 0 saturated heterocycles. The van der Waals surface area contributed by atoms with E-state index in [-0.39, 0.29) is 11.5 Å². The molecule has 1 N–H and O–H groups in total. The number of imidazole rings is 1. The lowest BCUT2D eigenvalue weighted by atomic mass is 9.91. The van der Waals surface area contributed by atoms with Crippen LogP contribution in [0.25, 0.3) is 11.0 Å². The summed E-state index contributed by atoms with van der Waals surface area (Å²) in [6, 6.07) is 5.43. The van der Waals surface area contributed by atoms with Crippen LogP contribution in [0.2, 0.25) is 0 Å². The van der Waals surface area contributed by atoms with Crippen LogP contribution in [-0.2, 0) is 30.7 Å². The van der Waals surface area contributed by atoms with Gasteiger partial charge in [0.2, 0.25) is 0 Å². The van der Waals surface area contributed by atoms with Crippen molar-refractivity contribution in [2.45, 2.75) is 58.7 Å². The quantitative estimate of drug-likeness (QED) is 0.649. The number of benzene rings is 1. The van der Waals surface area contributed by atoms with Crippen LogP contribution in [0.4, 0.5) is 0 Å². The zero-order valence-electron chi connectivity index (χ0n) is 16.7. The van der Waals surface area contributed by atoms with E-state index >= 15 is 0 Å². The molecule has 1 atom stereocenters. The van der Waals surface area contributed by atoms with Gasteiger partial charge in [0.25, 0.3) is 5.91 Å². The predicted molar refractivity (Wildman–Crippen MR) is 109 cm³/mol. The lowest BCUT2D eigenvalue weighted by Crippen LogP contribution is -2.36. The Kier molecular flexibility index (Phi) is 5.38. The molecule has 0 fully saturated rings. The SMILES string of the molecule is CCn1cnc(CNC(=O)C(C)Oc2ccc3c4c(c(=O)oc3c2)CCCC4)c1. The van der Waals surface area contributed by atoms with Gasteiger partial charge in [-0.2, -0.15) is 0 Å². The molecule has 1 aromatic carbocycles. The zero-order valence-corrected chi connectivity index (χ0v) is 16.7. The first-order valence-corrected chi connectivity index (χ1v) is 10.1. The van der Waals surface area contributed by atoms with Crippen molar-refractivity contribution in [1.82, 2.24) is 14.9 Å². The van der Waals surface area contributed by atoms with E-state index in [0.717, 1.165) is 54.4 Å². The second-order valence-electron chi connectivity index (χ2n) is 7.39. The van der Waals surface area contributed by atoms with Crippen molar-refractivity contribution < 1.29 is 13.9 Å². The van der Waals surface area contributed by atoms with Crippen molar-refractivity contribution in [3.63, 3.8) is 0 Å². The molecule has 1 aliphatic rings. The summed E-state index contributed by atoms with van der Waals surface area (Å²) >= 11 is 0. The van der Waals surface area contributed by atoms with Crippen LogP contribution in [0.1, 0.15) is 43.5 Å². The minimum Gasteiger partial charge on any atom is -0.481 e. The number of carbonyl (C=O) groups is 1. The Morgan fingerprint density at radius 1 is 1.31 bits per heavy atom. The van der Waals surface area contributed by atoms with Crippen LogP contribution in [0.3, 0.4) is 0 Å². The molecule has 0 aliphatic heterocycles. The fraction of sp³-hybridized carbons (Fsp3) is 0.409. The lowest BCUT2D eigenvalue weighted by molar-refractivity contribution is -0.127. The molecule has 152 valence electrons. The molecule has 0 spiro atoms. The first-order valence-electron chi connectivity index (χ1n) is 10.1. The number of hydrogen-bond donors (Lipinski definition) is 1. The maximum atomic E-state index is 12.4. The molecule has 0 bridgehead atoms. The monoisotopic (exact) mass is 395 g/mol. The highest BCUT2D eigenvalue weighted by atomic mass is 16.5. The van der Waals surface area contributed by atoms with E-state index in [1.165, 1.54) is 0 Å². The summed E-state index contributed by atoms with van der Waals surface area (Å²) in [7, 11) is 0. The summed E-state index contributed by atoms with van der Waals surface area (Å²) < 4.78 is 13.2. The number of fused-ring (bicyclic) bond motifs is 3. The fourth-order valence-corrected chi connectivity index (χ4v) is 3.75. The number of hydrogen-bond acceptors (Lipinski definition) is 5. The third-order valence-corrected chi connectivity index (χ3v) is 5.37. The Labute approximate surface area is 168 Å². The van der Waals surface area contributed by atoms with Gasteiger partial charge >= 0.3 is 5.63 Å². The van der Waals surface area contributed by atoms with Gasteiger partial charge in [-0.15, -0.1) is 0 Å². The van der Waals surface area contributed by atoms with Gasteiger partial charge in [-0.05, 0) is 57.2 Å². The van der Waals surface area contributed by atoms with E-state index in [2.05, 4.69) is 10.3 Å². The van der Waals surface area contributed by atoms with Gasteiger partial charge < -0.3 is 19.0 Å². The lowest BCUT2D eigenvalue weighted by Gasteiger charge is -2.17. The number of nitrogens with one attached hydrogen (secondary N) is 1. The van der Waals surface area contributed by atoms with Gasteiger partial charge in [-0.25, -0.2) is 9.78 Å². The Bertz CT molecular complexity index is 1100. The van der Waals surface area contributed by atoms with Crippen molar-refractivity contribution in [2.24, 2.45) is 0 Å². The van der Waals surface area contributed by atoms with Crippen LogP contribution in [-0.4, -0.2) is 21.6 Å². The number of aromatic nitrogens is 2. The second kappa shape index (κ2) is 8.11. The van der Waals surface area contributed by atoms with Crippen LogP contribution >= 0.6 is 0 Å². The van der Waals surface area contributed by atoms with Crippen LogP contribution in [0, 0.1) is 0 Å². The number of nitrogens with zero attached hydrogens (tertiary/aromatic N) is 2. The van der Waals surface area contributed by atoms with Crippen molar-refractivity contribution in [3.05, 3.63) is 58.0 Å². The van der Waals surface area contributed by atoms with E-state index in [4.69, 9.17) is 9.15 Å². The smallest absolute Gasteiger partial charge is 0.339 e. The molecule has 7 nitrogen and oxygen atoms in total. The first-order chi connectivity index (χ1) is 14.0. The van der Waals surface area contributed by atoms with E-state index in [1.54, 1.807) is 19.3 Å². The minimum absolute atomic E-state index is 0.233. The summed E-state index contributed by atoms with van der Waals surface area (Å²) in [6.45, 7) is 4.90. The fourth-order valence-electron chi connectivity index (χ4n) is 3.75. The zero-order chi connectivity index (χ0) is 20.4. The van der Waals surface area contributed by atoms with Gasteiger partial charge in [-0.3, -0.25) is 4.79 Å². The maximum Gasteiger partial charge on any atom is 0.339 e. The third-order valence-electron chi connectivity index (χ3n) is 5.37. The van der Waals surface area contributed by atoms with Crippen LogP contribution < -0.4 is 15.7 Å². The molecule has 3 aromatic rings. The molecule has 1 aliphatic carbocycles. The standard InChI is InChI=1S/C22H25N3O4/c1-3-25-12-15(24-13-25)11-23-21(26)14(2)28-16-8-9-18-17-6-4-5-7-19(17)22(27)29-20(18)10-16/h8-10,12-14H,3-7,11H2,1-2H3,(H,23,26). The number of amides is 1. The van der Waals surface area contributed by atoms with E-state index in [0.29, 0.717) is 17.9 Å². The van der Waals surface area contributed by atoms with Crippen molar-refractivity contribution in [2.75, 3.05) is 0 Å². The molecule has 7 heteroatoms. The molecule has 29 heavy (non-hydrogen) atoms. The average Bonchev–Trinajstić information content (AvgIpc) is 3.20. The topological polar surface area (TPSA) is 86.4 Å². The summed E-state index contributed by atoms with van der Waals surface area (Å²) in [5, 5.41) is 3.78. The molecule has 0 saturated carbocycles. The minimum atomic E-state index is -0.690. The summed E-state index contributed by atoms with van der Waals surface area (Å²) in [5.74, 6) is 0.261. The number of ether oxygens (including phenoxy) is 1. The largest absolute Gasteiger partial charge is 0.481 e. The number of carbonyl (C=O) groups excluding carboxylic acids is 1. The van der Waals surface area contributed by atoms with E-state index in [1.807, 2.05) is 29.8 Å². The van der Waals surface area contributed by atoms with E-state index in [9.17, 15) is 9.59 Å². The van der Waals surface area contributed by atoms with Gasteiger partial charge in [0.1, 0.15) is 11.3 Å². The second-order valence-corrected chi connectivity index (χ2v) is 7.39. The number of rotatable bonds is 6. The molecular formula is C22H25N3O4. The van der Waals surface area contributed by atoms with Crippen LogP contribution in [0.5, 0.6) is 5.75 Å². The van der Waals surface area contributed by atoms with Gasteiger partial charge in [-0.1, -0.05) is 0 Å². The van der Waals surface area contributed by atoms with Crippen molar-refractivity contribution in [1.29, 1.82) is 0 Å². The Hall–Kier alpha value is -3.09. The molecule has 4 rings (SSSR count). The van der Waals surface area contributed by atoms with Crippen molar-refractivity contribution >= 4 is 16.9 Å². The predicted octanol–water partition coefficient (Wildman–Crippen LogP) is 2.97. The van der Waals surface area contributed by atoms with E-state index < -0.39 is 6.10 Å². The Balaban J connectivity index is 1.45. The highest BCUT2D eigenvalue weighted by molar-refractivity contribution is 5.83. The molecule has 2 heterocycles. The van der Waals surface area contributed by atoms with Gasteiger partial charge in [0.05, 0.1) is 18.6 Å². The third kappa shape index (κ3) is 4.04. The first kappa shape index (κ1) is 19.2. The normalized spacial score (nSPS) is 14.4. The Morgan fingerprint density at radius 3 is 2.86 bits per heavy atom. The molecule has 0 radical (unpaired) electrons. The molecule has 1 unspecified atom stereocenters. The summed E-state index contributed by atoms with van der Waals surface area (Å²) in [5.41, 5.74) is 2.93. The van der Waals surface area contributed by atoms with Crippen molar-refractivity contribution in [3.8, 4) is 5.75 Å². The highest BCUT2D eigenvalue weighted by Gasteiger charge is 2.19. The highest BCUT2D eigenvalue weighted by Crippen LogP contribution is 2.29. The maximum absolute atomic E-state index is 12.4. The summed E-state index contributed by atoms with van der Waals surface area (Å²) in [6.07, 6.45) is 6.72. The average molecular weight is 395 g/mol. The van der Waals surface area contributed by atoms with Gasteiger partial charge in [0.15, 0.2) is 6.10 Å². The molecule has 1 amide bonds. The molecule has 2 aromatic heterocycles. The Morgan fingerprint density at radius 2 is 2.10 bits per heavy atom. The summed E-state index contributed by atoms with van der Waals surface area (Å²) in [4.78, 5) is 28.9.